The molecule has 6 nitrogen and oxygen atoms in total. The number of carbonyl (C=O) groups is 1. The molecular weight excluding hydrogens is 230 g/mol. The molecule has 1 aromatic heterocycles. The van der Waals surface area contributed by atoms with Gasteiger partial charge in [0.2, 0.25) is 5.91 Å². The summed E-state index contributed by atoms with van der Waals surface area (Å²) < 4.78 is 1.88. The third-order valence-corrected chi connectivity index (χ3v) is 3.43. The lowest BCUT2D eigenvalue weighted by atomic mass is 10.1. The minimum Gasteiger partial charge on any atom is -0.394 e. The van der Waals surface area contributed by atoms with Crippen molar-refractivity contribution in [2.45, 2.75) is 39.8 Å². The van der Waals surface area contributed by atoms with Crippen LogP contribution in [-0.2, 0) is 11.3 Å². The van der Waals surface area contributed by atoms with E-state index >= 15 is 0 Å². The van der Waals surface area contributed by atoms with Crippen LogP contribution in [0.4, 0.5) is 11.5 Å². The number of nitrogens with one attached hydrogen (secondary N) is 1. The van der Waals surface area contributed by atoms with Crippen LogP contribution >= 0.6 is 0 Å². The molecule has 1 atom stereocenters. The maximum Gasteiger partial charge on any atom is 0.242 e. The van der Waals surface area contributed by atoms with Crippen molar-refractivity contribution in [1.82, 2.24) is 15.1 Å². The van der Waals surface area contributed by atoms with Gasteiger partial charge in [-0.15, -0.1) is 0 Å². The number of hydrogen-bond donors (Lipinski definition) is 2. The first-order valence-corrected chi connectivity index (χ1v) is 6.47. The Hall–Kier alpha value is -1.72. The van der Waals surface area contributed by atoms with Crippen LogP contribution in [0.25, 0.3) is 0 Å². The highest BCUT2D eigenvalue weighted by Crippen LogP contribution is 2.29. The van der Waals surface area contributed by atoms with Gasteiger partial charge in [-0.3, -0.25) is 4.79 Å². The number of nitrogens with two attached hydrogens (primary N) is 1. The smallest absolute Gasteiger partial charge is 0.242 e. The van der Waals surface area contributed by atoms with Gasteiger partial charge >= 0.3 is 0 Å². The van der Waals surface area contributed by atoms with Crippen LogP contribution < -0.4 is 16.0 Å². The van der Waals surface area contributed by atoms with Crippen molar-refractivity contribution in [3.05, 3.63) is 5.69 Å². The maximum atomic E-state index is 11.9. The summed E-state index contributed by atoms with van der Waals surface area (Å²) >= 11 is 0. The highest BCUT2D eigenvalue weighted by Gasteiger charge is 2.32. The number of nitrogen functional groups attached to an aromatic ring is 1. The van der Waals surface area contributed by atoms with Crippen molar-refractivity contribution in [2.75, 3.05) is 23.7 Å². The lowest BCUT2D eigenvalue weighted by Crippen LogP contribution is -2.55. The second-order valence-corrected chi connectivity index (χ2v) is 4.55. The molecule has 18 heavy (non-hydrogen) atoms. The second-order valence-electron chi connectivity index (χ2n) is 4.55. The molecule has 0 aliphatic carbocycles. The molecule has 1 amide bonds. The molecule has 100 valence electrons. The normalized spacial score (nSPS) is 20.1. The number of rotatable bonds is 3. The van der Waals surface area contributed by atoms with E-state index in [0.717, 1.165) is 31.0 Å². The first kappa shape index (κ1) is 12.7. The highest BCUT2D eigenvalue weighted by molar-refractivity contribution is 5.87. The third-order valence-electron chi connectivity index (χ3n) is 3.43. The number of hydrogen-bond acceptors (Lipinski definition) is 4. The predicted octanol–water partition coefficient (Wildman–Crippen LogP) is 0.508. The number of piperazine rings is 1. The van der Waals surface area contributed by atoms with E-state index < -0.39 is 0 Å². The van der Waals surface area contributed by atoms with E-state index in [1.807, 2.05) is 25.5 Å². The Balaban J connectivity index is 2.43. The van der Waals surface area contributed by atoms with Crippen molar-refractivity contribution >= 4 is 17.4 Å². The van der Waals surface area contributed by atoms with E-state index in [-0.39, 0.29) is 11.9 Å². The Morgan fingerprint density at radius 1 is 1.50 bits per heavy atom. The van der Waals surface area contributed by atoms with E-state index in [2.05, 4.69) is 15.3 Å². The van der Waals surface area contributed by atoms with Gasteiger partial charge in [0.15, 0.2) is 5.82 Å². The van der Waals surface area contributed by atoms with Gasteiger partial charge < -0.3 is 16.0 Å². The molecule has 6 heteroatoms. The zero-order chi connectivity index (χ0) is 13.3. The summed E-state index contributed by atoms with van der Waals surface area (Å²) in [5.74, 6) is 0.960. The molecular formula is C12H21N5O. The summed E-state index contributed by atoms with van der Waals surface area (Å²) in [5.41, 5.74) is 7.63. The largest absolute Gasteiger partial charge is 0.394 e. The quantitative estimate of drug-likeness (QED) is 0.820. The third kappa shape index (κ3) is 1.91. The van der Waals surface area contributed by atoms with E-state index in [9.17, 15) is 4.79 Å². The molecule has 1 fully saturated rings. The number of nitrogens with zero attached hydrogens (tertiary/aromatic N) is 3. The minimum atomic E-state index is -0.151. The highest BCUT2D eigenvalue weighted by atomic mass is 16.2. The topological polar surface area (TPSA) is 76.2 Å². The number of aryl methyl sites for hydroxylation is 2. The molecule has 0 spiro atoms. The summed E-state index contributed by atoms with van der Waals surface area (Å²) in [5, 5.41) is 7.31. The maximum absolute atomic E-state index is 11.9. The van der Waals surface area contributed by atoms with Crippen molar-refractivity contribution in [3.63, 3.8) is 0 Å². The van der Waals surface area contributed by atoms with Crippen LogP contribution in [0, 0.1) is 6.92 Å². The van der Waals surface area contributed by atoms with Crippen LogP contribution in [0.15, 0.2) is 0 Å². The fourth-order valence-electron chi connectivity index (χ4n) is 2.48. The lowest BCUT2D eigenvalue weighted by Gasteiger charge is -2.36. The van der Waals surface area contributed by atoms with E-state index in [1.54, 1.807) is 0 Å². The lowest BCUT2D eigenvalue weighted by molar-refractivity contribution is -0.123. The first-order valence-electron chi connectivity index (χ1n) is 6.47. The molecule has 0 bridgehead atoms. The average molecular weight is 251 g/mol. The first-order chi connectivity index (χ1) is 8.60. The number of amides is 1. The summed E-state index contributed by atoms with van der Waals surface area (Å²) in [7, 11) is 0. The van der Waals surface area contributed by atoms with E-state index in [0.29, 0.717) is 12.2 Å². The zero-order valence-corrected chi connectivity index (χ0v) is 11.2. The molecule has 1 aliphatic heterocycles. The fraction of sp³-hybridized carbons (Fsp3) is 0.667. The molecule has 3 N–H and O–H groups in total. The fourth-order valence-corrected chi connectivity index (χ4v) is 2.48. The summed E-state index contributed by atoms with van der Waals surface area (Å²) in [6.07, 6.45) is 0.763. The standard InChI is InChI=1S/C12H21N5O/c1-4-9-11(18)14-6-7-16(9)12-10(13)8(3)15-17(12)5-2/h9H,4-7,13H2,1-3H3,(H,14,18). The zero-order valence-electron chi connectivity index (χ0n) is 11.2. The van der Waals surface area contributed by atoms with Gasteiger partial charge in [0.05, 0.1) is 11.4 Å². The Kier molecular flexibility index (Phi) is 3.45. The van der Waals surface area contributed by atoms with Crippen LogP contribution in [0.2, 0.25) is 0 Å². The van der Waals surface area contributed by atoms with Crippen LogP contribution in [-0.4, -0.2) is 34.8 Å². The monoisotopic (exact) mass is 251 g/mol. The van der Waals surface area contributed by atoms with Crippen molar-refractivity contribution in [3.8, 4) is 0 Å². The summed E-state index contributed by atoms with van der Waals surface area (Å²) in [6.45, 7) is 8.12. The molecule has 1 aliphatic rings. The van der Waals surface area contributed by atoms with Crippen molar-refractivity contribution in [1.29, 1.82) is 0 Å². The van der Waals surface area contributed by atoms with Crippen molar-refractivity contribution in [2.24, 2.45) is 0 Å². The molecule has 2 heterocycles. The Morgan fingerprint density at radius 3 is 2.83 bits per heavy atom. The van der Waals surface area contributed by atoms with E-state index in [1.165, 1.54) is 0 Å². The SMILES string of the molecule is CCC1C(=O)NCCN1c1c(N)c(C)nn1CC. The molecule has 1 unspecified atom stereocenters. The molecule has 0 radical (unpaired) electrons. The number of anilines is 2. The Bertz CT molecular complexity index is 454. The summed E-state index contributed by atoms with van der Waals surface area (Å²) in [4.78, 5) is 14.0. The van der Waals surface area contributed by atoms with Crippen LogP contribution in [0.5, 0.6) is 0 Å². The Labute approximate surface area is 107 Å². The molecule has 1 saturated heterocycles. The van der Waals surface area contributed by atoms with Gasteiger partial charge in [-0.2, -0.15) is 5.10 Å². The Morgan fingerprint density at radius 2 is 2.22 bits per heavy atom. The van der Waals surface area contributed by atoms with Gasteiger partial charge in [-0.1, -0.05) is 6.92 Å². The van der Waals surface area contributed by atoms with Gasteiger partial charge in [0.1, 0.15) is 6.04 Å². The van der Waals surface area contributed by atoms with Gasteiger partial charge in [-0.05, 0) is 20.3 Å². The second kappa shape index (κ2) is 4.88. The van der Waals surface area contributed by atoms with E-state index in [4.69, 9.17) is 5.73 Å². The average Bonchev–Trinajstić information content (AvgIpc) is 2.65. The van der Waals surface area contributed by atoms with Crippen molar-refractivity contribution < 1.29 is 4.79 Å². The number of aromatic nitrogens is 2. The summed E-state index contributed by atoms with van der Waals surface area (Å²) in [6, 6.07) is -0.151. The molecule has 0 saturated carbocycles. The molecule has 0 aromatic carbocycles. The molecule has 2 rings (SSSR count). The van der Waals surface area contributed by atoms with Gasteiger partial charge in [0, 0.05) is 19.6 Å². The van der Waals surface area contributed by atoms with Gasteiger partial charge in [-0.25, -0.2) is 4.68 Å². The predicted molar refractivity (Wildman–Crippen MR) is 71.5 cm³/mol. The number of carbonyl (C=O) groups excluding carboxylic acids is 1. The van der Waals surface area contributed by atoms with Gasteiger partial charge in [0.25, 0.3) is 0 Å². The van der Waals surface area contributed by atoms with Crippen LogP contribution in [0.1, 0.15) is 26.0 Å². The molecule has 1 aromatic rings. The minimum absolute atomic E-state index is 0.0738. The van der Waals surface area contributed by atoms with Crippen LogP contribution in [0.3, 0.4) is 0 Å².